The van der Waals surface area contributed by atoms with Gasteiger partial charge in [0.1, 0.15) is 0 Å². The van der Waals surface area contributed by atoms with Crippen LogP contribution in [0.1, 0.15) is 53.4 Å². The summed E-state index contributed by atoms with van der Waals surface area (Å²) in [6.45, 7) is 9.37. The van der Waals surface area contributed by atoms with Crippen molar-refractivity contribution in [3.63, 3.8) is 0 Å². The Morgan fingerprint density at radius 2 is 1.67 bits per heavy atom. The van der Waals surface area contributed by atoms with Crippen LogP contribution in [-0.2, 0) is 0 Å². The smallest absolute Gasteiger partial charge is 0.00704 e. The maximum Gasteiger partial charge on any atom is 0.00704 e. The van der Waals surface area contributed by atoms with Crippen LogP contribution < -0.4 is 0 Å². The summed E-state index contributed by atoms with van der Waals surface area (Å²) < 4.78 is 0. The average Bonchev–Trinajstić information content (AvgIpc) is 2.40. The van der Waals surface area contributed by atoms with Gasteiger partial charge in [-0.3, -0.25) is 0 Å². The van der Waals surface area contributed by atoms with Crippen molar-refractivity contribution in [1.29, 1.82) is 0 Å². The molecule has 98 valence electrons. The van der Waals surface area contributed by atoms with Gasteiger partial charge >= 0.3 is 0 Å². The largest absolute Gasteiger partial charge is 0.0842 e. The third-order valence-corrected chi connectivity index (χ3v) is 4.54. The molecule has 2 rings (SSSR count). The van der Waals surface area contributed by atoms with Crippen LogP contribution in [0.2, 0.25) is 0 Å². The average molecular weight is 242 g/mol. The van der Waals surface area contributed by atoms with E-state index in [9.17, 15) is 0 Å². The summed E-state index contributed by atoms with van der Waals surface area (Å²) in [4.78, 5) is 0. The van der Waals surface area contributed by atoms with E-state index < -0.39 is 0 Å². The first-order chi connectivity index (χ1) is 8.51. The molecule has 0 aromatic heterocycles. The number of allylic oxidation sites excluding steroid dienone is 8. The Balaban J connectivity index is 2.21. The molecule has 0 aliphatic heterocycles. The molecule has 0 heterocycles. The second kappa shape index (κ2) is 5.30. The van der Waals surface area contributed by atoms with E-state index in [4.69, 9.17) is 0 Å². The van der Waals surface area contributed by atoms with E-state index in [1.807, 2.05) is 0 Å². The van der Waals surface area contributed by atoms with Gasteiger partial charge in [0.15, 0.2) is 0 Å². The molecule has 0 bridgehead atoms. The second-order valence-electron chi connectivity index (χ2n) is 6.37. The van der Waals surface area contributed by atoms with E-state index in [0.29, 0.717) is 5.92 Å². The van der Waals surface area contributed by atoms with Crippen molar-refractivity contribution in [2.45, 2.75) is 53.4 Å². The normalized spacial score (nSPS) is 20.6. The summed E-state index contributed by atoms with van der Waals surface area (Å²) >= 11 is 0. The summed E-state index contributed by atoms with van der Waals surface area (Å²) in [5.41, 5.74) is 5.04. The maximum atomic E-state index is 2.39. The minimum Gasteiger partial charge on any atom is -0.0842 e. The van der Waals surface area contributed by atoms with Crippen LogP contribution in [0.4, 0.5) is 0 Å². The Morgan fingerprint density at radius 1 is 0.944 bits per heavy atom. The lowest BCUT2D eigenvalue weighted by molar-refractivity contribution is 0.485. The second-order valence-corrected chi connectivity index (χ2v) is 6.37. The van der Waals surface area contributed by atoms with Crippen molar-refractivity contribution in [3.05, 3.63) is 47.1 Å². The number of hydrogen-bond donors (Lipinski definition) is 0. The molecule has 2 aliphatic carbocycles. The van der Waals surface area contributed by atoms with Crippen molar-refractivity contribution in [3.8, 4) is 0 Å². The fraction of sp³-hybridized carbons (Fsp3) is 0.556. The molecule has 0 radical (unpaired) electrons. The monoisotopic (exact) mass is 242 g/mol. The third-order valence-electron chi connectivity index (χ3n) is 4.54. The van der Waals surface area contributed by atoms with E-state index in [1.54, 1.807) is 16.7 Å². The minimum atomic E-state index is 0.240. The van der Waals surface area contributed by atoms with Crippen LogP contribution in [0.5, 0.6) is 0 Å². The van der Waals surface area contributed by atoms with Gasteiger partial charge < -0.3 is 0 Å². The lowest BCUT2D eigenvalue weighted by Gasteiger charge is -2.34. The van der Waals surface area contributed by atoms with Gasteiger partial charge in [0, 0.05) is 5.41 Å². The Kier molecular flexibility index (Phi) is 3.94. The topological polar surface area (TPSA) is 0 Å². The zero-order valence-corrected chi connectivity index (χ0v) is 12.3. The van der Waals surface area contributed by atoms with Gasteiger partial charge in [0.05, 0.1) is 0 Å². The Hall–Kier alpha value is -1.04. The molecule has 0 saturated heterocycles. The first-order valence-electron chi connectivity index (χ1n) is 7.28. The molecule has 2 aliphatic rings. The third kappa shape index (κ3) is 2.68. The van der Waals surface area contributed by atoms with Crippen LogP contribution in [0.3, 0.4) is 0 Å². The van der Waals surface area contributed by atoms with Crippen molar-refractivity contribution in [2.75, 3.05) is 0 Å². The van der Waals surface area contributed by atoms with E-state index in [2.05, 4.69) is 58.1 Å². The molecule has 0 fully saturated rings. The Morgan fingerprint density at radius 3 is 2.17 bits per heavy atom. The summed E-state index contributed by atoms with van der Waals surface area (Å²) in [7, 11) is 0. The number of rotatable bonds is 3. The Bertz CT molecular complexity index is 425. The van der Waals surface area contributed by atoms with Crippen LogP contribution in [-0.4, -0.2) is 0 Å². The molecule has 0 atom stereocenters. The highest BCUT2D eigenvalue weighted by molar-refractivity contribution is 5.37. The lowest BCUT2D eigenvalue weighted by atomic mass is 9.71. The van der Waals surface area contributed by atoms with Crippen LogP contribution in [0.25, 0.3) is 0 Å². The minimum absolute atomic E-state index is 0.240. The first kappa shape index (κ1) is 13.4. The molecule has 0 nitrogen and oxygen atoms in total. The summed E-state index contributed by atoms with van der Waals surface area (Å²) in [5, 5.41) is 0. The first-order valence-corrected chi connectivity index (χ1v) is 7.28. The summed E-state index contributed by atoms with van der Waals surface area (Å²) in [6, 6.07) is 0. The maximum absolute atomic E-state index is 2.39. The number of hydrogen-bond acceptors (Lipinski definition) is 0. The van der Waals surface area contributed by atoms with E-state index >= 15 is 0 Å². The molecular formula is C18H26. The Labute approximate surface area is 112 Å². The molecule has 0 heteroatoms. The molecule has 0 amide bonds. The SMILES string of the molecule is CC(C)C1=CC=C(C(C)(C)C2=CC=CCC2)CC1. The van der Waals surface area contributed by atoms with E-state index in [1.165, 1.54) is 25.7 Å². The summed E-state index contributed by atoms with van der Waals surface area (Å²) in [5.74, 6) is 0.697. The van der Waals surface area contributed by atoms with Crippen molar-refractivity contribution in [1.82, 2.24) is 0 Å². The fourth-order valence-electron chi connectivity index (χ4n) is 2.98. The highest BCUT2D eigenvalue weighted by Crippen LogP contribution is 2.42. The lowest BCUT2D eigenvalue weighted by Crippen LogP contribution is -2.20. The highest BCUT2D eigenvalue weighted by atomic mass is 14.3. The zero-order valence-electron chi connectivity index (χ0n) is 12.3. The molecule has 0 saturated carbocycles. The van der Waals surface area contributed by atoms with Crippen molar-refractivity contribution in [2.24, 2.45) is 11.3 Å². The fourth-order valence-corrected chi connectivity index (χ4v) is 2.98. The molecule has 0 N–H and O–H groups in total. The zero-order chi connectivity index (χ0) is 13.2. The van der Waals surface area contributed by atoms with Crippen LogP contribution >= 0.6 is 0 Å². The van der Waals surface area contributed by atoms with Gasteiger partial charge in [-0.05, 0) is 31.6 Å². The van der Waals surface area contributed by atoms with Gasteiger partial charge in [0.2, 0.25) is 0 Å². The quantitative estimate of drug-likeness (QED) is 0.605. The molecule has 18 heavy (non-hydrogen) atoms. The summed E-state index contributed by atoms with van der Waals surface area (Å²) in [6.07, 6.45) is 16.5. The van der Waals surface area contributed by atoms with Gasteiger partial charge in [-0.2, -0.15) is 0 Å². The van der Waals surface area contributed by atoms with Crippen LogP contribution in [0, 0.1) is 11.3 Å². The molecular weight excluding hydrogens is 216 g/mol. The highest BCUT2D eigenvalue weighted by Gasteiger charge is 2.28. The van der Waals surface area contributed by atoms with Crippen molar-refractivity contribution < 1.29 is 0 Å². The predicted molar refractivity (Wildman–Crippen MR) is 80.5 cm³/mol. The van der Waals surface area contributed by atoms with Gasteiger partial charge in [-0.15, -0.1) is 0 Å². The molecule has 0 aromatic carbocycles. The van der Waals surface area contributed by atoms with Gasteiger partial charge in [-0.1, -0.05) is 74.8 Å². The molecule has 0 aromatic rings. The molecule has 0 unspecified atom stereocenters. The molecule has 0 spiro atoms. The standard InChI is InChI=1S/C18H26/c1-14(2)15-10-12-17(13-11-15)18(3,4)16-8-6-5-7-9-16/h5-6,8,10,12,14H,7,9,11,13H2,1-4H3. The van der Waals surface area contributed by atoms with E-state index in [0.717, 1.165) is 0 Å². The van der Waals surface area contributed by atoms with Crippen molar-refractivity contribution >= 4 is 0 Å². The van der Waals surface area contributed by atoms with Gasteiger partial charge in [-0.25, -0.2) is 0 Å². The predicted octanol–water partition coefficient (Wildman–Crippen LogP) is 5.59. The van der Waals surface area contributed by atoms with Crippen LogP contribution in [0.15, 0.2) is 47.1 Å². The van der Waals surface area contributed by atoms with E-state index in [-0.39, 0.29) is 5.41 Å². The van der Waals surface area contributed by atoms with Gasteiger partial charge in [0.25, 0.3) is 0 Å².